The van der Waals surface area contributed by atoms with E-state index in [4.69, 9.17) is 9.84 Å². The number of carbonyl (C=O) groups is 1. The molecule has 1 aromatic heterocycles. The van der Waals surface area contributed by atoms with Crippen molar-refractivity contribution in [2.45, 2.75) is 13.3 Å². The first kappa shape index (κ1) is 22.7. The zero-order valence-electron chi connectivity index (χ0n) is 19.4. The van der Waals surface area contributed by atoms with Crippen molar-refractivity contribution in [3.8, 4) is 22.7 Å². The van der Waals surface area contributed by atoms with Crippen molar-refractivity contribution in [1.29, 1.82) is 0 Å². The molecule has 1 N–H and O–H groups in total. The Morgan fingerprint density at radius 2 is 1.77 bits per heavy atom. The Labute approximate surface area is 208 Å². The number of methoxy groups -OCH3 is 1. The van der Waals surface area contributed by atoms with Crippen molar-refractivity contribution in [2.24, 2.45) is 4.99 Å². The van der Waals surface area contributed by atoms with Crippen LogP contribution in [0.4, 0.5) is 5.69 Å². The molecular formula is C28H24N4O2S. The van der Waals surface area contributed by atoms with Gasteiger partial charge in [0.05, 0.1) is 29.1 Å². The van der Waals surface area contributed by atoms with Crippen molar-refractivity contribution < 1.29 is 9.53 Å². The fraction of sp³-hybridized carbons (Fsp3) is 0.107. The summed E-state index contributed by atoms with van der Waals surface area (Å²) < 4.78 is 7.13. The second-order valence-electron chi connectivity index (χ2n) is 7.94. The SMILES string of the molecule is CCc1ccc(N=C2NC(=O)/C(=C/c3cn(-c4ccccc4)nc3-c3ccc(OC)cc3)S2)cc1. The lowest BCUT2D eigenvalue weighted by atomic mass is 10.1. The Morgan fingerprint density at radius 1 is 1.03 bits per heavy atom. The minimum atomic E-state index is -0.174. The molecule has 7 heteroatoms. The smallest absolute Gasteiger partial charge is 0.264 e. The monoisotopic (exact) mass is 480 g/mol. The van der Waals surface area contributed by atoms with E-state index >= 15 is 0 Å². The number of nitrogens with zero attached hydrogens (tertiary/aromatic N) is 3. The van der Waals surface area contributed by atoms with Crippen LogP contribution in [0.25, 0.3) is 23.0 Å². The van der Waals surface area contributed by atoms with Crippen molar-refractivity contribution in [3.63, 3.8) is 0 Å². The minimum Gasteiger partial charge on any atom is -0.497 e. The second kappa shape index (κ2) is 10.0. The number of ether oxygens (including phenoxy) is 1. The van der Waals surface area contributed by atoms with Gasteiger partial charge in [-0.25, -0.2) is 9.67 Å². The maximum atomic E-state index is 12.8. The highest BCUT2D eigenvalue weighted by Gasteiger charge is 2.25. The average Bonchev–Trinajstić information content (AvgIpc) is 3.48. The number of carbonyl (C=O) groups excluding carboxylic acids is 1. The highest BCUT2D eigenvalue weighted by Crippen LogP contribution is 2.32. The maximum Gasteiger partial charge on any atom is 0.264 e. The van der Waals surface area contributed by atoms with E-state index in [1.807, 2.05) is 83.7 Å². The molecular weight excluding hydrogens is 456 g/mol. The van der Waals surface area contributed by atoms with Gasteiger partial charge in [0, 0.05) is 17.3 Å². The summed E-state index contributed by atoms with van der Waals surface area (Å²) >= 11 is 1.33. The van der Waals surface area contributed by atoms with E-state index in [-0.39, 0.29) is 5.91 Å². The Kier molecular flexibility index (Phi) is 6.50. The molecule has 5 rings (SSSR count). The number of hydrogen-bond donors (Lipinski definition) is 1. The first-order valence-electron chi connectivity index (χ1n) is 11.3. The summed E-state index contributed by atoms with van der Waals surface area (Å²) in [5.41, 5.74) is 5.54. The molecule has 1 aliphatic rings. The summed E-state index contributed by atoms with van der Waals surface area (Å²) in [7, 11) is 1.64. The van der Waals surface area contributed by atoms with Crippen LogP contribution in [0, 0.1) is 0 Å². The molecule has 0 aliphatic carbocycles. The van der Waals surface area contributed by atoms with Gasteiger partial charge in [0.15, 0.2) is 5.17 Å². The number of rotatable bonds is 6. The molecule has 174 valence electrons. The number of hydrogen-bond acceptors (Lipinski definition) is 5. The molecule has 35 heavy (non-hydrogen) atoms. The molecule has 2 heterocycles. The molecule has 1 amide bonds. The van der Waals surface area contributed by atoms with Gasteiger partial charge in [-0.1, -0.05) is 37.3 Å². The number of aromatic nitrogens is 2. The first-order valence-corrected chi connectivity index (χ1v) is 12.1. The Balaban J connectivity index is 1.50. The van der Waals surface area contributed by atoms with Gasteiger partial charge in [-0.15, -0.1) is 0 Å². The van der Waals surface area contributed by atoms with Crippen LogP contribution in [0.15, 0.2) is 95.0 Å². The third-order valence-electron chi connectivity index (χ3n) is 5.64. The number of amides is 1. The van der Waals surface area contributed by atoms with Crippen LogP contribution in [-0.2, 0) is 11.2 Å². The molecule has 3 aromatic carbocycles. The van der Waals surface area contributed by atoms with Crippen molar-refractivity contribution in [3.05, 3.63) is 101 Å². The van der Waals surface area contributed by atoms with E-state index in [0.717, 1.165) is 40.4 Å². The molecule has 0 saturated carbocycles. The van der Waals surface area contributed by atoms with E-state index in [9.17, 15) is 4.79 Å². The lowest BCUT2D eigenvalue weighted by Gasteiger charge is -2.03. The third kappa shape index (κ3) is 5.05. The van der Waals surface area contributed by atoms with Gasteiger partial charge in [0.25, 0.3) is 5.91 Å². The van der Waals surface area contributed by atoms with Crippen LogP contribution in [0.2, 0.25) is 0 Å². The van der Waals surface area contributed by atoms with E-state index in [1.54, 1.807) is 7.11 Å². The number of benzene rings is 3. The topological polar surface area (TPSA) is 68.5 Å². The van der Waals surface area contributed by atoms with E-state index in [1.165, 1.54) is 17.3 Å². The van der Waals surface area contributed by atoms with Gasteiger partial charge in [0.2, 0.25) is 0 Å². The fourth-order valence-corrected chi connectivity index (χ4v) is 4.56. The molecule has 6 nitrogen and oxygen atoms in total. The fourth-order valence-electron chi connectivity index (χ4n) is 3.72. The third-order valence-corrected chi connectivity index (χ3v) is 6.55. The highest BCUT2D eigenvalue weighted by atomic mass is 32.2. The van der Waals surface area contributed by atoms with Crippen molar-refractivity contribution >= 4 is 34.6 Å². The quantitative estimate of drug-likeness (QED) is 0.344. The Hall–Kier alpha value is -4.10. The van der Waals surface area contributed by atoms with E-state index < -0.39 is 0 Å². The van der Waals surface area contributed by atoms with Crippen molar-refractivity contribution in [2.75, 3.05) is 7.11 Å². The van der Waals surface area contributed by atoms with Gasteiger partial charge in [-0.2, -0.15) is 5.10 Å². The van der Waals surface area contributed by atoms with E-state index in [0.29, 0.717) is 10.1 Å². The van der Waals surface area contributed by atoms with Crippen LogP contribution >= 0.6 is 11.8 Å². The molecule has 1 fully saturated rings. The van der Waals surface area contributed by atoms with Crippen molar-refractivity contribution in [1.82, 2.24) is 15.1 Å². The molecule has 0 radical (unpaired) electrons. The molecule has 1 saturated heterocycles. The van der Waals surface area contributed by atoms with Gasteiger partial charge < -0.3 is 10.1 Å². The average molecular weight is 481 g/mol. The molecule has 0 spiro atoms. The lowest BCUT2D eigenvalue weighted by Crippen LogP contribution is -2.19. The van der Waals surface area contributed by atoms with Crippen LogP contribution in [-0.4, -0.2) is 28.0 Å². The predicted molar refractivity (Wildman–Crippen MR) is 142 cm³/mol. The van der Waals surface area contributed by atoms with Gasteiger partial charge in [0.1, 0.15) is 5.75 Å². The standard InChI is InChI=1S/C28H24N4O2S/c1-3-19-9-13-22(14-10-19)29-28-30-27(33)25(35-28)17-21-18-32(23-7-5-4-6-8-23)31-26(21)20-11-15-24(34-2)16-12-20/h4-18H,3H2,1-2H3,(H,29,30,33)/b25-17-. The summed E-state index contributed by atoms with van der Waals surface area (Å²) in [6, 6.07) is 25.7. The van der Waals surface area contributed by atoms with E-state index in [2.05, 4.69) is 29.4 Å². The Bertz CT molecular complexity index is 1410. The molecule has 0 unspecified atom stereocenters. The molecule has 4 aromatic rings. The number of thioether (sulfide) groups is 1. The lowest BCUT2D eigenvalue weighted by molar-refractivity contribution is -0.115. The van der Waals surface area contributed by atoms with Crippen LogP contribution in [0.3, 0.4) is 0 Å². The number of para-hydroxylation sites is 1. The van der Waals surface area contributed by atoms with Gasteiger partial charge >= 0.3 is 0 Å². The number of amidine groups is 1. The van der Waals surface area contributed by atoms with Crippen LogP contribution < -0.4 is 10.1 Å². The van der Waals surface area contributed by atoms with Gasteiger partial charge in [-0.3, -0.25) is 4.79 Å². The molecule has 1 aliphatic heterocycles. The molecule has 0 atom stereocenters. The zero-order chi connectivity index (χ0) is 24.2. The van der Waals surface area contributed by atoms with Crippen LogP contribution in [0.1, 0.15) is 18.1 Å². The van der Waals surface area contributed by atoms with Gasteiger partial charge in [-0.05, 0) is 78.4 Å². The molecule has 0 bridgehead atoms. The summed E-state index contributed by atoms with van der Waals surface area (Å²) in [4.78, 5) is 17.9. The summed E-state index contributed by atoms with van der Waals surface area (Å²) in [5.74, 6) is 0.599. The first-order chi connectivity index (χ1) is 17.1. The normalized spacial score (nSPS) is 15.5. The highest BCUT2D eigenvalue weighted by molar-refractivity contribution is 8.18. The zero-order valence-corrected chi connectivity index (χ0v) is 20.3. The Morgan fingerprint density at radius 3 is 2.46 bits per heavy atom. The summed E-state index contributed by atoms with van der Waals surface area (Å²) in [6.45, 7) is 2.12. The number of nitrogens with one attached hydrogen (secondary N) is 1. The minimum absolute atomic E-state index is 0.174. The van der Waals surface area contributed by atoms with Crippen LogP contribution in [0.5, 0.6) is 5.75 Å². The largest absolute Gasteiger partial charge is 0.497 e. The maximum absolute atomic E-state index is 12.8. The summed E-state index contributed by atoms with van der Waals surface area (Å²) in [5, 5.41) is 8.27. The summed E-state index contributed by atoms with van der Waals surface area (Å²) in [6.07, 6.45) is 4.78. The second-order valence-corrected chi connectivity index (χ2v) is 8.97. The number of aliphatic imine (C=N–C) groups is 1. The predicted octanol–water partition coefficient (Wildman–Crippen LogP) is 6.00. The number of aryl methyl sites for hydroxylation is 1.